The van der Waals surface area contributed by atoms with Crippen molar-refractivity contribution in [1.82, 2.24) is 14.7 Å². The molecule has 0 saturated heterocycles. The SMILES string of the molecule is CC(C)(C)OC(=O)NCc1nsc(SCCCl)n1. The molecule has 0 atom stereocenters. The number of amides is 1. The van der Waals surface area contributed by atoms with Gasteiger partial charge >= 0.3 is 6.09 Å². The van der Waals surface area contributed by atoms with Crippen LogP contribution < -0.4 is 5.32 Å². The molecule has 8 heteroatoms. The molecule has 0 aliphatic rings. The molecule has 1 amide bonds. The number of thioether (sulfide) groups is 1. The number of alkyl carbamates (subject to hydrolysis) is 1. The molecular formula is C10H16ClN3O2S2. The van der Waals surface area contributed by atoms with E-state index in [1.165, 1.54) is 11.5 Å². The Kier molecular flexibility index (Phi) is 6.17. The lowest BCUT2D eigenvalue weighted by molar-refractivity contribution is 0.0522. The monoisotopic (exact) mass is 309 g/mol. The number of aromatic nitrogens is 2. The molecule has 0 unspecified atom stereocenters. The number of nitrogens with zero attached hydrogens (tertiary/aromatic N) is 2. The van der Waals surface area contributed by atoms with Gasteiger partial charge in [-0.25, -0.2) is 9.78 Å². The van der Waals surface area contributed by atoms with Crippen molar-refractivity contribution in [3.05, 3.63) is 5.82 Å². The third-order valence-corrected chi connectivity index (χ3v) is 3.83. The molecule has 0 saturated carbocycles. The summed E-state index contributed by atoms with van der Waals surface area (Å²) in [6.45, 7) is 5.71. The fraction of sp³-hybridized carbons (Fsp3) is 0.700. The summed E-state index contributed by atoms with van der Waals surface area (Å²) in [5.74, 6) is 1.97. The number of halogens is 1. The summed E-state index contributed by atoms with van der Waals surface area (Å²) in [4.78, 5) is 15.7. The highest BCUT2D eigenvalue weighted by Crippen LogP contribution is 2.19. The van der Waals surface area contributed by atoms with Crippen LogP contribution >= 0.6 is 34.9 Å². The van der Waals surface area contributed by atoms with Gasteiger partial charge in [0.15, 0.2) is 10.2 Å². The minimum atomic E-state index is -0.499. The Balaban J connectivity index is 2.35. The average molecular weight is 310 g/mol. The molecule has 5 nitrogen and oxygen atoms in total. The van der Waals surface area contributed by atoms with E-state index in [2.05, 4.69) is 14.7 Å². The van der Waals surface area contributed by atoms with Crippen LogP contribution in [-0.4, -0.2) is 32.7 Å². The first-order valence-corrected chi connectivity index (χ1v) is 7.68. The lowest BCUT2D eigenvalue weighted by Crippen LogP contribution is -2.32. The van der Waals surface area contributed by atoms with Gasteiger partial charge in [-0.3, -0.25) is 0 Å². The van der Waals surface area contributed by atoms with Crippen LogP contribution in [-0.2, 0) is 11.3 Å². The first-order chi connectivity index (χ1) is 8.40. The zero-order valence-corrected chi connectivity index (χ0v) is 12.9. The van der Waals surface area contributed by atoms with Gasteiger partial charge in [-0.05, 0) is 32.3 Å². The van der Waals surface area contributed by atoms with E-state index in [9.17, 15) is 4.79 Å². The lowest BCUT2D eigenvalue weighted by Gasteiger charge is -2.19. The Morgan fingerprint density at radius 2 is 2.28 bits per heavy atom. The average Bonchev–Trinajstić information content (AvgIpc) is 2.69. The molecular weight excluding hydrogens is 294 g/mol. The molecule has 0 aliphatic heterocycles. The van der Waals surface area contributed by atoms with Crippen molar-refractivity contribution in [3.63, 3.8) is 0 Å². The fourth-order valence-corrected chi connectivity index (χ4v) is 2.62. The summed E-state index contributed by atoms with van der Waals surface area (Å²) in [6, 6.07) is 0. The van der Waals surface area contributed by atoms with Crippen LogP contribution in [0.25, 0.3) is 0 Å². The molecule has 1 rings (SSSR count). The van der Waals surface area contributed by atoms with Crippen molar-refractivity contribution in [2.45, 2.75) is 37.3 Å². The molecule has 102 valence electrons. The van der Waals surface area contributed by atoms with Crippen molar-refractivity contribution < 1.29 is 9.53 Å². The van der Waals surface area contributed by atoms with E-state index < -0.39 is 11.7 Å². The highest BCUT2D eigenvalue weighted by Gasteiger charge is 2.16. The first kappa shape index (κ1) is 15.5. The molecule has 0 radical (unpaired) electrons. The van der Waals surface area contributed by atoms with Crippen LogP contribution in [0.5, 0.6) is 0 Å². The maximum Gasteiger partial charge on any atom is 0.408 e. The predicted molar refractivity (Wildman–Crippen MR) is 74.4 cm³/mol. The smallest absolute Gasteiger partial charge is 0.408 e. The van der Waals surface area contributed by atoms with Crippen molar-refractivity contribution >= 4 is 41.0 Å². The zero-order valence-electron chi connectivity index (χ0n) is 10.5. The maximum absolute atomic E-state index is 11.4. The molecule has 1 aromatic rings. The highest BCUT2D eigenvalue weighted by molar-refractivity contribution is 8.01. The largest absolute Gasteiger partial charge is 0.444 e. The highest BCUT2D eigenvalue weighted by atomic mass is 35.5. The standard InChI is InChI=1S/C10H16ClN3O2S2/c1-10(2,3)16-8(15)12-6-7-13-9(18-14-7)17-5-4-11/h4-6H2,1-3H3,(H,12,15). The number of hydrogen-bond acceptors (Lipinski definition) is 6. The number of carbonyl (C=O) groups excluding carboxylic acids is 1. The van der Waals surface area contributed by atoms with Crippen molar-refractivity contribution in [2.75, 3.05) is 11.6 Å². The van der Waals surface area contributed by atoms with E-state index in [0.717, 1.165) is 10.1 Å². The summed E-state index contributed by atoms with van der Waals surface area (Å²) in [5.41, 5.74) is -0.499. The summed E-state index contributed by atoms with van der Waals surface area (Å²) in [5, 5.41) is 2.61. The summed E-state index contributed by atoms with van der Waals surface area (Å²) < 4.78 is 10.1. The number of hydrogen-bond donors (Lipinski definition) is 1. The Morgan fingerprint density at radius 3 is 2.89 bits per heavy atom. The number of carbonyl (C=O) groups is 1. The van der Waals surface area contributed by atoms with Crippen molar-refractivity contribution in [3.8, 4) is 0 Å². The van der Waals surface area contributed by atoms with Gasteiger partial charge in [0, 0.05) is 11.6 Å². The van der Waals surface area contributed by atoms with E-state index in [0.29, 0.717) is 11.7 Å². The zero-order chi connectivity index (χ0) is 13.6. The quantitative estimate of drug-likeness (QED) is 0.669. The second-order valence-corrected chi connectivity index (χ2v) is 6.84. The molecule has 0 bridgehead atoms. The Hall–Kier alpha value is -0.530. The van der Waals surface area contributed by atoms with Gasteiger partial charge in [0.1, 0.15) is 5.60 Å². The number of nitrogens with one attached hydrogen (secondary N) is 1. The summed E-state index contributed by atoms with van der Waals surface area (Å²) in [6.07, 6.45) is -0.465. The summed E-state index contributed by atoms with van der Waals surface area (Å²) in [7, 11) is 0. The second-order valence-electron chi connectivity index (χ2n) is 4.37. The third-order valence-electron chi connectivity index (χ3n) is 1.54. The van der Waals surface area contributed by atoms with Crippen LogP contribution in [0.1, 0.15) is 26.6 Å². The van der Waals surface area contributed by atoms with Crippen LogP contribution in [0.15, 0.2) is 4.34 Å². The maximum atomic E-state index is 11.4. The van der Waals surface area contributed by atoms with E-state index in [4.69, 9.17) is 16.3 Å². The van der Waals surface area contributed by atoms with E-state index in [-0.39, 0.29) is 6.54 Å². The number of rotatable bonds is 5. The Bertz CT molecular complexity index is 393. The molecule has 0 aromatic carbocycles. The number of alkyl halides is 1. The summed E-state index contributed by atoms with van der Waals surface area (Å²) >= 11 is 8.44. The van der Waals surface area contributed by atoms with Gasteiger partial charge in [0.25, 0.3) is 0 Å². The minimum Gasteiger partial charge on any atom is -0.444 e. The van der Waals surface area contributed by atoms with Crippen LogP contribution in [0.2, 0.25) is 0 Å². The normalized spacial score (nSPS) is 11.3. The van der Waals surface area contributed by atoms with Crippen LogP contribution in [0, 0.1) is 0 Å². The van der Waals surface area contributed by atoms with Gasteiger partial charge in [-0.15, -0.1) is 11.6 Å². The molecule has 1 N–H and O–H groups in total. The third kappa shape index (κ3) is 6.42. The van der Waals surface area contributed by atoms with Gasteiger partial charge in [-0.1, -0.05) is 11.8 Å². The van der Waals surface area contributed by atoms with Crippen molar-refractivity contribution in [1.29, 1.82) is 0 Å². The van der Waals surface area contributed by atoms with E-state index in [1.807, 2.05) is 20.8 Å². The minimum absolute atomic E-state index is 0.271. The van der Waals surface area contributed by atoms with Gasteiger partial charge in [0.2, 0.25) is 0 Å². The molecule has 0 fully saturated rings. The first-order valence-electron chi connectivity index (χ1n) is 5.39. The molecule has 1 heterocycles. The Labute approximate surface area is 120 Å². The second kappa shape index (κ2) is 7.16. The Morgan fingerprint density at radius 1 is 1.56 bits per heavy atom. The van der Waals surface area contributed by atoms with Gasteiger partial charge in [0.05, 0.1) is 6.54 Å². The lowest BCUT2D eigenvalue weighted by atomic mass is 10.2. The van der Waals surface area contributed by atoms with E-state index >= 15 is 0 Å². The molecule has 0 aliphatic carbocycles. The molecule has 0 spiro atoms. The molecule has 1 aromatic heterocycles. The fourth-order valence-electron chi connectivity index (χ4n) is 0.960. The van der Waals surface area contributed by atoms with Crippen molar-refractivity contribution in [2.24, 2.45) is 0 Å². The topological polar surface area (TPSA) is 64.1 Å². The molecule has 18 heavy (non-hydrogen) atoms. The predicted octanol–water partition coefficient (Wildman–Crippen LogP) is 2.89. The van der Waals surface area contributed by atoms with Gasteiger partial charge < -0.3 is 10.1 Å². The van der Waals surface area contributed by atoms with Gasteiger partial charge in [-0.2, -0.15) is 4.37 Å². The van der Waals surface area contributed by atoms with Crippen LogP contribution in [0.3, 0.4) is 0 Å². The van der Waals surface area contributed by atoms with E-state index in [1.54, 1.807) is 11.8 Å². The number of ether oxygens (including phenoxy) is 1. The van der Waals surface area contributed by atoms with Crippen LogP contribution in [0.4, 0.5) is 4.79 Å².